The predicted octanol–water partition coefficient (Wildman–Crippen LogP) is 3.41. The third-order valence-electron chi connectivity index (χ3n) is 2.16. The molecule has 1 rings (SSSR count). The molecule has 1 N–H and O–H groups in total. The summed E-state index contributed by atoms with van der Waals surface area (Å²) < 4.78 is 0. The second kappa shape index (κ2) is 3.33. The molecule has 0 unspecified atom stereocenters. The van der Waals surface area contributed by atoms with Gasteiger partial charge in [-0.25, -0.2) is 0 Å². The van der Waals surface area contributed by atoms with Crippen LogP contribution in [0.2, 0.25) is 0 Å². The highest BCUT2D eigenvalue weighted by atomic mass is 14.5. The highest BCUT2D eigenvalue weighted by Crippen LogP contribution is 2.22. The van der Waals surface area contributed by atoms with Crippen molar-refractivity contribution in [2.75, 3.05) is 0 Å². The Labute approximate surface area is 80.3 Å². The quantitative estimate of drug-likeness (QED) is 0.632. The number of hydrogen-bond acceptors (Lipinski definition) is 1. The Morgan fingerprint density at radius 2 is 1.69 bits per heavy atom. The summed E-state index contributed by atoms with van der Waals surface area (Å²) in [6, 6.07) is 8.07. The van der Waals surface area contributed by atoms with Crippen molar-refractivity contribution in [3.05, 3.63) is 35.4 Å². The first kappa shape index (κ1) is 9.97. The number of aryl methyl sites for hydroxylation is 1. The average Bonchev–Trinajstić information content (AvgIpc) is 2.02. The molecule has 0 aliphatic rings. The van der Waals surface area contributed by atoms with Crippen LogP contribution in [0.5, 0.6) is 0 Å². The van der Waals surface area contributed by atoms with E-state index in [0.29, 0.717) is 5.71 Å². The van der Waals surface area contributed by atoms with Crippen molar-refractivity contribution in [3.8, 4) is 0 Å². The molecule has 0 heterocycles. The lowest BCUT2D eigenvalue weighted by Gasteiger charge is -2.21. The summed E-state index contributed by atoms with van der Waals surface area (Å²) in [6.07, 6.45) is 0. The maximum absolute atomic E-state index is 8.02. The summed E-state index contributed by atoms with van der Waals surface area (Å²) in [5.41, 5.74) is 2.90. The third-order valence-corrected chi connectivity index (χ3v) is 2.16. The first-order valence-electron chi connectivity index (χ1n) is 4.58. The van der Waals surface area contributed by atoms with Gasteiger partial charge >= 0.3 is 0 Å². The SMILES string of the molecule is Cc1ccccc1C(=N)C(C)(C)C. The smallest absolute Gasteiger partial charge is 0.0442 e. The normalized spacial score (nSPS) is 11.4. The van der Waals surface area contributed by atoms with E-state index >= 15 is 0 Å². The van der Waals surface area contributed by atoms with Gasteiger partial charge in [-0.3, -0.25) is 0 Å². The Morgan fingerprint density at radius 1 is 1.15 bits per heavy atom. The van der Waals surface area contributed by atoms with Crippen LogP contribution in [0.3, 0.4) is 0 Å². The molecule has 1 heteroatoms. The van der Waals surface area contributed by atoms with Crippen molar-refractivity contribution >= 4 is 5.71 Å². The van der Waals surface area contributed by atoms with Crippen LogP contribution in [-0.4, -0.2) is 5.71 Å². The van der Waals surface area contributed by atoms with Gasteiger partial charge in [0, 0.05) is 11.1 Å². The van der Waals surface area contributed by atoms with Crippen LogP contribution in [0.4, 0.5) is 0 Å². The zero-order valence-electron chi connectivity index (χ0n) is 8.81. The molecule has 0 saturated heterocycles. The number of rotatable bonds is 1. The fourth-order valence-electron chi connectivity index (χ4n) is 1.26. The van der Waals surface area contributed by atoms with Gasteiger partial charge in [0.1, 0.15) is 0 Å². The van der Waals surface area contributed by atoms with Gasteiger partial charge in [0.25, 0.3) is 0 Å². The van der Waals surface area contributed by atoms with Crippen LogP contribution in [0.1, 0.15) is 31.9 Å². The van der Waals surface area contributed by atoms with E-state index in [4.69, 9.17) is 5.41 Å². The lowest BCUT2D eigenvalue weighted by molar-refractivity contribution is 0.588. The van der Waals surface area contributed by atoms with E-state index < -0.39 is 0 Å². The van der Waals surface area contributed by atoms with E-state index in [9.17, 15) is 0 Å². The van der Waals surface area contributed by atoms with Crippen LogP contribution in [0.15, 0.2) is 24.3 Å². The number of hydrogen-bond donors (Lipinski definition) is 1. The van der Waals surface area contributed by atoms with E-state index in [2.05, 4.69) is 33.8 Å². The fraction of sp³-hybridized carbons (Fsp3) is 0.417. The summed E-state index contributed by atoms with van der Waals surface area (Å²) in [7, 11) is 0. The zero-order valence-corrected chi connectivity index (χ0v) is 8.81. The molecule has 0 bridgehead atoms. The summed E-state index contributed by atoms with van der Waals surface area (Å²) in [5.74, 6) is 0. The molecule has 0 spiro atoms. The molecule has 1 aromatic carbocycles. The number of benzene rings is 1. The van der Waals surface area contributed by atoms with Crippen LogP contribution < -0.4 is 0 Å². The second-order valence-corrected chi connectivity index (χ2v) is 4.44. The van der Waals surface area contributed by atoms with E-state index in [1.54, 1.807) is 0 Å². The van der Waals surface area contributed by atoms with Gasteiger partial charge in [-0.2, -0.15) is 0 Å². The largest absolute Gasteiger partial charge is 0.304 e. The summed E-state index contributed by atoms with van der Waals surface area (Å²) >= 11 is 0. The van der Waals surface area contributed by atoms with Crippen LogP contribution >= 0.6 is 0 Å². The Morgan fingerprint density at radius 3 is 2.15 bits per heavy atom. The molecule has 0 aromatic heterocycles. The molecule has 0 radical (unpaired) electrons. The van der Waals surface area contributed by atoms with Crippen molar-refractivity contribution in [1.82, 2.24) is 0 Å². The van der Waals surface area contributed by atoms with E-state index in [1.807, 2.05) is 18.2 Å². The topological polar surface area (TPSA) is 23.9 Å². The highest BCUT2D eigenvalue weighted by Gasteiger charge is 2.19. The molecular weight excluding hydrogens is 158 g/mol. The van der Waals surface area contributed by atoms with Gasteiger partial charge in [-0.15, -0.1) is 0 Å². The van der Waals surface area contributed by atoms with E-state index in [-0.39, 0.29) is 5.41 Å². The average molecular weight is 175 g/mol. The summed E-state index contributed by atoms with van der Waals surface area (Å²) in [6.45, 7) is 8.26. The minimum atomic E-state index is -0.0634. The predicted molar refractivity (Wildman–Crippen MR) is 57.5 cm³/mol. The maximum atomic E-state index is 8.02. The van der Waals surface area contributed by atoms with E-state index in [0.717, 1.165) is 5.56 Å². The molecule has 0 atom stereocenters. The molecule has 0 amide bonds. The van der Waals surface area contributed by atoms with Gasteiger partial charge in [0.15, 0.2) is 0 Å². The van der Waals surface area contributed by atoms with Crippen molar-refractivity contribution < 1.29 is 0 Å². The fourth-order valence-corrected chi connectivity index (χ4v) is 1.26. The van der Waals surface area contributed by atoms with Crippen molar-refractivity contribution in [1.29, 1.82) is 5.41 Å². The van der Waals surface area contributed by atoms with Crippen LogP contribution in [0, 0.1) is 17.7 Å². The molecule has 70 valence electrons. The summed E-state index contributed by atoms with van der Waals surface area (Å²) in [5, 5.41) is 8.02. The Bertz CT molecular complexity index is 318. The Hall–Kier alpha value is -1.11. The first-order chi connectivity index (χ1) is 5.93. The van der Waals surface area contributed by atoms with Gasteiger partial charge in [0.2, 0.25) is 0 Å². The first-order valence-corrected chi connectivity index (χ1v) is 4.58. The summed E-state index contributed by atoms with van der Waals surface area (Å²) in [4.78, 5) is 0. The van der Waals surface area contributed by atoms with Gasteiger partial charge in [-0.05, 0) is 18.1 Å². The van der Waals surface area contributed by atoms with Crippen molar-refractivity contribution in [3.63, 3.8) is 0 Å². The van der Waals surface area contributed by atoms with Crippen LogP contribution in [0.25, 0.3) is 0 Å². The standard InChI is InChI=1S/C12H17N/c1-9-7-5-6-8-10(9)11(13)12(2,3)4/h5-8,13H,1-4H3. The number of nitrogens with one attached hydrogen (secondary N) is 1. The molecule has 1 aromatic rings. The highest BCUT2D eigenvalue weighted by molar-refractivity contribution is 6.02. The minimum Gasteiger partial charge on any atom is -0.304 e. The molecular formula is C12H17N. The Balaban J connectivity index is 3.10. The lowest BCUT2D eigenvalue weighted by Crippen LogP contribution is -2.21. The van der Waals surface area contributed by atoms with Crippen molar-refractivity contribution in [2.24, 2.45) is 5.41 Å². The van der Waals surface area contributed by atoms with Gasteiger partial charge < -0.3 is 5.41 Å². The second-order valence-electron chi connectivity index (χ2n) is 4.44. The molecule has 1 nitrogen and oxygen atoms in total. The molecule has 0 saturated carbocycles. The van der Waals surface area contributed by atoms with E-state index in [1.165, 1.54) is 5.56 Å². The zero-order chi connectivity index (χ0) is 10.1. The van der Waals surface area contributed by atoms with Gasteiger partial charge in [0.05, 0.1) is 0 Å². The Kier molecular flexibility index (Phi) is 2.55. The molecule has 13 heavy (non-hydrogen) atoms. The molecule has 0 aliphatic carbocycles. The van der Waals surface area contributed by atoms with Crippen LogP contribution in [-0.2, 0) is 0 Å². The lowest BCUT2D eigenvalue weighted by atomic mass is 9.84. The minimum absolute atomic E-state index is 0.0634. The monoisotopic (exact) mass is 175 g/mol. The maximum Gasteiger partial charge on any atom is 0.0442 e. The molecule has 0 fully saturated rings. The molecule has 0 aliphatic heterocycles. The van der Waals surface area contributed by atoms with Crippen molar-refractivity contribution in [2.45, 2.75) is 27.7 Å². The van der Waals surface area contributed by atoms with Gasteiger partial charge in [-0.1, -0.05) is 45.0 Å². The third kappa shape index (κ3) is 2.18.